The zero-order chi connectivity index (χ0) is 11.5. The fourth-order valence-corrected chi connectivity index (χ4v) is 2.23. The quantitative estimate of drug-likeness (QED) is 0.687. The van der Waals surface area contributed by atoms with Crippen LogP contribution in [0.5, 0.6) is 5.75 Å². The largest absolute Gasteiger partial charge is 0.494 e. The molecule has 3 heteroatoms. The Hall–Kier alpha value is -0.955. The summed E-state index contributed by atoms with van der Waals surface area (Å²) >= 11 is 0. The van der Waals surface area contributed by atoms with E-state index in [1.807, 2.05) is 0 Å². The second-order valence-electron chi connectivity index (χ2n) is 5.00. The third-order valence-corrected chi connectivity index (χ3v) is 3.31. The van der Waals surface area contributed by atoms with Gasteiger partial charge in [0.2, 0.25) is 0 Å². The van der Waals surface area contributed by atoms with Gasteiger partial charge in [-0.25, -0.2) is 0 Å². The highest BCUT2D eigenvalue weighted by Crippen LogP contribution is 2.16. The van der Waals surface area contributed by atoms with Crippen molar-refractivity contribution in [2.75, 3.05) is 26.7 Å². The molecule has 1 aliphatic heterocycles. The van der Waals surface area contributed by atoms with E-state index in [4.69, 9.17) is 4.74 Å². The molecule has 16 heavy (non-hydrogen) atoms. The van der Waals surface area contributed by atoms with E-state index in [9.17, 15) is 0 Å². The van der Waals surface area contributed by atoms with Crippen molar-refractivity contribution in [1.29, 1.82) is 0 Å². The molecule has 0 bridgehead atoms. The van der Waals surface area contributed by atoms with Crippen molar-refractivity contribution in [2.24, 2.45) is 5.92 Å². The first kappa shape index (κ1) is 11.5. The van der Waals surface area contributed by atoms with Crippen molar-refractivity contribution in [3.8, 4) is 5.75 Å². The first-order chi connectivity index (χ1) is 7.65. The van der Waals surface area contributed by atoms with Crippen LogP contribution >= 0.6 is 0 Å². The topological polar surface area (TPSA) is 12.5 Å². The molecule has 1 aromatic rings. The molecule has 1 aliphatic rings. The van der Waals surface area contributed by atoms with Gasteiger partial charge in [0.1, 0.15) is 13.6 Å². The van der Waals surface area contributed by atoms with Gasteiger partial charge in [-0.15, -0.1) is 0 Å². The van der Waals surface area contributed by atoms with Crippen molar-refractivity contribution in [2.45, 2.75) is 13.3 Å². The minimum atomic E-state index is 0.699. The average molecular weight is 217 g/mol. The standard InChI is InChI=1S/C13H20BNO/c1-10-3-4-12(14)13(7-10)16-9-11-5-6-15(2)8-11/h3-4,7,11H,5-6,8-9,14H2,1-2H3. The molecule has 1 atom stereocenters. The molecule has 0 saturated carbocycles. The molecule has 1 saturated heterocycles. The van der Waals surface area contributed by atoms with Crippen LogP contribution in [0.4, 0.5) is 0 Å². The number of aryl methyl sites for hydroxylation is 1. The molecule has 1 heterocycles. The van der Waals surface area contributed by atoms with Crippen LogP contribution in [0.2, 0.25) is 0 Å². The maximum absolute atomic E-state index is 5.92. The Bertz CT molecular complexity index is 367. The molecule has 86 valence electrons. The summed E-state index contributed by atoms with van der Waals surface area (Å²) in [6.07, 6.45) is 1.27. The molecular formula is C13H20BNO. The van der Waals surface area contributed by atoms with Gasteiger partial charge in [-0.3, -0.25) is 0 Å². The van der Waals surface area contributed by atoms with Gasteiger partial charge in [-0.1, -0.05) is 12.1 Å². The zero-order valence-corrected chi connectivity index (χ0v) is 10.5. The van der Waals surface area contributed by atoms with Crippen molar-refractivity contribution < 1.29 is 4.74 Å². The van der Waals surface area contributed by atoms with Crippen LogP contribution in [0.15, 0.2) is 18.2 Å². The lowest BCUT2D eigenvalue weighted by Crippen LogP contribution is -2.19. The van der Waals surface area contributed by atoms with E-state index < -0.39 is 0 Å². The van der Waals surface area contributed by atoms with E-state index in [-0.39, 0.29) is 0 Å². The zero-order valence-electron chi connectivity index (χ0n) is 10.5. The van der Waals surface area contributed by atoms with Gasteiger partial charge in [0.05, 0.1) is 6.61 Å². The summed E-state index contributed by atoms with van der Waals surface area (Å²) < 4.78 is 5.92. The summed E-state index contributed by atoms with van der Waals surface area (Å²) in [4.78, 5) is 2.37. The van der Waals surface area contributed by atoms with Gasteiger partial charge in [0.25, 0.3) is 0 Å². The summed E-state index contributed by atoms with van der Waals surface area (Å²) in [5.74, 6) is 1.75. The molecule has 1 unspecified atom stereocenters. The van der Waals surface area contributed by atoms with E-state index in [0.717, 1.165) is 12.4 Å². The van der Waals surface area contributed by atoms with Crippen LogP contribution in [0, 0.1) is 12.8 Å². The van der Waals surface area contributed by atoms with Crippen molar-refractivity contribution >= 4 is 13.3 Å². The fourth-order valence-electron chi connectivity index (χ4n) is 2.23. The highest BCUT2D eigenvalue weighted by molar-refractivity contribution is 6.34. The molecule has 0 spiro atoms. The van der Waals surface area contributed by atoms with Crippen LogP contribution in [0.1, 0.15) is 12.0 Å². The minimum absolute atomic E-state index is 0.699. The highest BCUT2D eigenvalue weighted by atomic mass is 16.5. The van der Waals surface area contributed by atoms with Gasteiger partial charge in [-0.2, -0.15) is 0 Å². The summed E-state index contributed by atoms with van der Waals surface area (Å²) in [6.45, 7) is 5.34. The van der Waals surface area contributed by atoms with Crippen LogP contribution in [-0.2, 0) is 0 Å². The third kappa shape index (κ3) is 2.79. The number of likely N-dealkylation sites (tertiary alicyclic amines) is 1. The minimum Gasteiger partial charge on any atom is -0.494 e. The first-order valence-corrected chi connectivity index (χ1v) is 6.04. The molecule has 1 aromatic carbocycles. The summed E-state index contributed by atoms with van der Waals surface area (Å²) in [7, 11) is 4.29. The lowest BCUT2D eigenvalue weighted by atomic mass is 9.94. The molecule has 1 fully saturated rings. The molecule has 2 rings (SSSR count). The van der Waals surface area contributed by atoms with E-state index >= 15 is 0 Å². The normalized spacial score (nSPS) is 21.2. The number of rotatable bonds is 3. The first-order valence-electron chi connectivity index (χ1n) is 6.04. The Morgan fingerprint density at radius 1 is 1.50 bits per heavy atom. The average Bonchev–Trinajstić information content (AvgIpc) is 2.66. The van der Waals surface area contributed by atoms with Gasteiger partial charge in [0, 0.05) is 12.5 Å². The second kappa shape index (κ2) is 4.92. The Balaban J connectivity index is 1.91. The number of ether oxygens (including phenoxy) is 1. The Labute approximate surface area is 99.0 Å². The van der Waals surface area contributed by atoms with Crippen molar-refractivity contribution in [3.05, 3.63) is 23.8 Å². The number of nitrogens with zero attached hydrogens (tertiary/aromatic N) is 1. The molecule has 0 amide bonds. The molecule has 0 N–H and O–H groups in total. The molecule has 0 aliphatic carbocycles. The lowest BCUT2D eigenvalue weighted by molar-refractivity contribution is 0.250. The SMILES string of the molecule is Bc1ccc(C)cc1OCC1CCN(C)C1. The molecule has 2 nitrogen and oxygen atoms in total. The van der Waals surface area contributed by atoms with Crippen molar-refractivity contribution in [1.82, 2.24) is 4.90 Å². The van der Waals surface area contributed by atoms with E-state index in [0.29, 0.717) is 5.92 Å². The molecule has 0 aromatic heterocycles. The summed E-state index contributed by atoms with van der Waals surface area (Å²) in [6, 6.07) is 6.39. The predicted molar refractivity (Wildman–Crippen MR) is 70.5 cm³/mol. The van der Waals surface area contributed by atoms with Gasteiger partial charge in [0.15, 0.2) is 0 Å². The van der Waals surface area contributed by atoms with E-state index in [1.54, 1.807) is 0 Å². The third-order valence-electron chi connectivity index (χ3n) is 3.31. The van der Waals surface area contributed by atoms with E-state index in [2.05, 4.69) is 44.9 Å². The maximum atomic E-state index is 5.92. The van der Waals surface area contributed by atoms with Crippen LogP contribution in [0.3, 0.4) is 0 Å². The van der Waals surface area contributed by atoms with Crippen LogP contribution < -0.4 is 10.2 Å². The second-order valence-corrected chi connectivity index (χ2v) is 5.00. The monoisotopic (exact) mass is 217 g/mol. The summed E-state index contributed by atoms with van der Waals surface area (Å²) in [5.41, 5.74) is 2.50. The summed E-state index contributed by atoms with van der Waals surface area (Å²) in [5, 5.41) is 0. The fraction of sp³-hybridized carbons (Fsp3) is 0.538. The molecule has 0 radical (unpaired) electrons. The molecular weight excluding hydrogens is 197 g/mol. The lowest BCUT2D eigenvalue weighted by Gasteiger charge is -2.14. The smallest absolute Gasteiger partial charge is 0.144 e. The van der Waals surface area contributed by atoms with Crippen LogP contribution in [0.25, 0.3) is 0 Å². The Morgan fingerprint density at radius 3 is 3.00 bits per heavy atom. The Morgan fingerprint density at radius 2 is 2.31 bits per heavy atom. The number of hydrogen-bond acceptors (Lipinski definition) is 2. The highest BCUT2D eigenvalue weighted by Gasteiger charge is 2.19. The number of benzene rings is 1. The maximum Gasteiger partial charge on any atom is 0.144 e. The predicted octanol–water partition coefficient (Wildman–Crippen LogP) is 0.584. The van der Waals surface area contributed by atoms with Crippen LogP contribution in [-0.4, -0.2) is 39.5 Å². The van der Waals surface area contributed by atoms with Gasteiger partial charge < -0.3 is 9.64 Å². The Kier molecular flexibility index (Phi) is 3.54. The van der Waals surface area contributed by atoms with Gasteiger partial charge in [-0.05, 0) is 44.0 Å². The van der Waals surface area contributed by atoms with Crippen molar-refractivity contribution in [3.63, 3.8) is 0 Å². The van der Waals surface area contributed by atoms with E-state index in [1.165, 1.54) is 30.5 Å². The number of hydrogen-bond donors (Lipinski definition) is 0. The van der Waals surface area contributed by atoms with Gasteiger partial charge >= 0.3 is 0 Å².